The van der Waals surface area contributed by atoms with E-state index < -0.39 is 0 Å². The number of hydrogen-bond acceptors (Lipinski definition) is 3. The van der Waals surface area contributed by atoms with E-state index in [1.807, 2.05) is 6.92 Å². The molecule has 14 heavy (non-hydrogen) atoms. The molecule has 0 aliphatic rings. The fraction of sp³-hybridized carbons (Fsp3) is 0.222. The van der Waals surface area contributed by atoms with Crippen molar-refractivity contribution < 1.29 is 4.79 Å². The van der Waals surface area contributed by atoms with Gasteiger partial charge in [-0.3, -0.25) is 4.79 Å². The lowest BCUT2D eigenvalue weighted by atomic mass is 10.2. The molecule has 5 nitrogen and oxygen atoms in total. The first kappa shape index (κ1) is 8.68. The van der Waals surface area contributed by atoms with Crippen LogP contribution in [0.3, 0.4) is 0 Å². The number of nitrogens with zero attached hydrogens (tertiary/aromatic N) is 2. The Bertz CT molecular complexity index is 538. The number of rotatable bonds is 2. The lowest BCUT2D eigenvalue weighted by Gasteiger charge is -1.94. The van der Waals surface area contributed by atoms with Crippen LogP contribution in [0, 0.1) is 6.92 Å². The molecule has 2 aromatic heterocycles. The summed E-state index contributed by atoms with van der Waals surface area (Å²) in [6, 6.07) is 1.80. The molecule has 72 valence electrons. The third-order valence-electron chi connectivity index (χ3n) is 2.12. The minimum atomic E-state index is -0.218. The fourth-order valence-electron chi connectivity index (χ4n) is 1.54. The summed E-state index contributed by atoms with van der Waals surface area (Å²) in [5, 5.41) is 3.99. The highest BCUT2D eigenvalue weighted by atomic mass is 16.1. The number of fused-ring (bicyclic) bond motifs is 1. The third kappa shape index (κ3) is 1.14. The van der Waals surface area contributed by atoms with Gasteiger partial charge in [-0.05, 0) is 18.6 Å². The summed E-state index contributed by atoms with van der Waals surface area (Å²) in [7, 11) is 0. The van der Waals surface area contributed by atoms with Crippen LogP contribution >= 0.6 is 0 Å². The van der Waals surface area contributed by atoms with E-state index in [0.717, 1.165) is 12.0 Å². The average Bonchev–Trinajstić information content (AvgIpc) is 2.46. The van der Waals surface area contributed by atoms with Crippen molar-refractivity contribution in [3.05, 3.63) is 34.0 Å². The Kier molecular flexibility index (Phi) is 1.92. The Hall–Kier alpha value is -1.91. The first-order valence-electron chi connectivity index (χ1n) is 4.22. The van der Waals surface area contributed by atoms with Gasteiger partial charge in [0.1, 0.15) is 18.1 Å². The zero-order valence-corrected chi connectivity index (χ0v) is 7.65. The zero-order valence-electron chi connectivity index (χ0n) is 7.65. The fourth-order valence-corrected chi connectivity index (χ4v) is 1.54. The average molecular weight is 191 g/mol. The maximum absolute atomic E-state index is 11.5. The SMILES string of the molecule is Cc1cc(CC=O)c2c(=O)[nH]cnn12. The lowest BCUT2D eigenvalue weighted by molar-refractivity contribution is -0.107. The maximum Gasteiger partial charge on any atom is 0.275 e. The molecule has 0 atom stereocenters. The predicted octanol–water partition coefficient (Wildman–Crippen LogP) is 0.0724. The molecule has 2 rings (SSSR count). The molecule has 0 unspecified atom stereocenters. The molecular formula is C9H9N3O2. The number of carbonyl (C=O) groups excluding carboxylic acids is 1. The van der Waals surface area contributed by atoms with Crippen molar-refractivity contribution in [3.63, 3.8) is 0 Å². The van der Waals surface area contributed by atoms with Gasteiger partial charge >= 0.3 is 0 Å². The van der Waals surface area contributed by atoms with Gasteiger partial charge in [0.15, 0.2) is 0 Å². The smallest absolute Gasteiger partial charge is 0.275 e. The number of nitrogens with one attached hydrogen (secondary N) is 1. The number of aldehydes is 1. The minimum Gasteiger partial charge on any atom is -0.310 e. The van der Waals surface area contributed by atoms with Gasteiger partial charge in [0.05, 0.1) is 0 Å². The second-order valence-corrected chi connectivity index (χ2v) is 3.06. The minimum absolute atomic E-state index is 0.218. The lowest BCUT2D eigenvalue weighted by Crippen LogP contribution is -2.12. The highest BCUT2D eigenvalue weighted by Crippen LogP contribution is 2.10. The molecule has 0 radical (unpaired) electrons. The molecule has 0 fully saturated rings. The highest BCUT2D eigenvalue weighted by Gasteiger charge is 2.09. The molecule has 0 bridgehead atoms. The van der Waals surface area contributed by atoms with E-state index in [0.29, 0.717) is 11.1 Å². The van der Waals surface area contributed by atoms with E-state index in [9.17, 15) is 9.59 Å². The normalized spacial score (nSPS) is 10.6. The summed E-state index contributed by atoms with van der Waals surface area (Å²) < 4.78 is 1.54. The van der Waals surface area contributed by atoms with E-state index in [1.54, 1.807) is 6.07 Å². The summed E-state index contributed by atoms with van der Waals surface area (Å²) >= 11 is 0. The Labute approximate surface area is 79.4 Å². The number of aromatic nitrogens is 3. The summed E-state index contributed by atoms with van der Waals surface area (Å²) in [6.45, 7) is 1.84. The third-order valence-corrected chi connectivity index (χ3v) is 2.12. The van der Waals surface area contributed by atoms with Crippen molar-refractivity contribution in [2.24, 2.45) is 0 Å². The quantitative estimate of drug-likeness (QED) is 0.683. The molecule has 0 amide bonds. The number of hydrogen-bond donors (Lipinski definition) is 1. The zero-order chi connectivity index (χ0) is 10.1. The molecule has 0 spiro atoms. The van der Waals surface area contributed by atoms with Crippen LogP contribution in [0.15, 0.2) is 17.2 Å². The van der Waals surface area contributed by atoms with Crippen LogP contribution in [-0.2, 0) is 11.2 Å². The monoisotopic (exact) mass is 191 g/mol. The molecule has 0 aliphatic heterocycles. The van der Waals surface area contributed by atoms with E-state index in [2.05, 4.69) is 10.1 Å². The van der Waals surface area contributed by atoms with Crippen molar-refractivity contribution in [2.75, 3.05) is 0 Å². The summed E-state index contributed by atoms with van der Waals surface area (Å²) in [5.41, 5.74) is 1.80. The van der Waals surface area contributed by atoms with Gasteiger partial charge < -0.3 is 9.78 Å². The second-order valence-electron chi connectivity index (χ2n) is 3.06. The number of aromatic amines is 1. The Morgan fingerprint density at radius 1 is 1.64 bits per heavy atom. The molecule has 2 aromatic rings. The van der Waals surface area contributed by atoms with Crippen molar-refractivity contribution in [1.29, 1.82) is 0 Å². The number of carbonyl (C=O) groups is 1. The largest absolute Gasteiger partial charge is 0.310 e. The molecule has 5 heteroatoms. The van der Waals surface area contributed by atoms with Gasteiger partial charge in [0, 0.05) is 12.1 Å². The Morgan fingerprint density at radius 2 is 2.43 bits per heavy atom. The van der Waals surface area contributed by atoms with Crippen LogP contribution < -0.4 is 5.56 Å². The van der Waals surface area contributed by atoms with E-state index in [-0.39, 0.29) is 12.0 Å². The summed E-state index contributed by atoms with van der Waals surface area (Å²) in [6.07, 6.45) is 2.36. The van der Waals surface area contributed by atoms with Crippen molar-refractivity contribution in [2.45, 2.75) is 13.3 Å². The van der Waals surface area contributed by atoms with E-state index in [1.165, 1.54) is 10.8 Å². The first-order chi connectivity index (χ1) is 6.74. The first-order valence-corrected chi connectivity index (χ1v) is 4.22. The molecule has 1 N–H and O–H groups in total. The van der Waals surface area contributed by atoms with Crippen LogP contribution in [0.5, 0.6) is 0 Å². The van der Waals surface area contributed by atoms with Gasteiger partial charge in [-0.15, -0.1) is 0 Å². The highest BCUT2D eigenvalue weighted by molar-refractivity contribution is 5.65. The van der Waals surface area contributed by atoms with Crippen LogP contribution in [0.1, 0.15) is 11.3 Å². The van der Waals surface area contributed by atoms with Gasteiger partial charge in [-0.2, -0.15) is 5.10 Å². The van der Waals surface area contributed by atoms with Crippen LogP contribution in [0.4, 0.5) is 0 Å². The number of aryl methyl sites for hydroxylation is 1. The van der Waals surface area contributed by atoms with Crippen molar-refractivity contribution >= 4 is 11.8 Å². The predicted molar refractivity (Wildman–Crippen MR) is 50.3 cm³/mol. The van der Waals surface area contributed by atoms with Gasteiger partial charge in [-0.1, -0.05) is 0 Å². The van der Waals surface area contributed by atoms with Crippen molar-refractivity contribution in [1.82, 2.24) is 14.6 Å². The molecule has 0 aliphatic carbocycles. The van der Waals surface area contributed by atoms with E-state index in [4.69, 9.17) is 0 Å². The van der Waals surface area contributed by atoms with Crippen LogP contribution in [0.2, 0.25) is 0 Å². The topological polar surface area (TPSA) is 67.2 Å². The molecule has 2 heterocycles. The molecule has 0 aromatic carbocycles. The van der Waals surface area contributed by atoms with Crippen LogP contribution in [-0.4, -0.2) is 20.9 Å². The molecular weight excluding hydrogens is 182 g/mol. The molecule has 0 saturated carbocycles. The standard InChI is InChI=1S/C9H9N3O2/c1-6-4-7(2-3-13)8-9(14)10-5-11-12(6)8/h3-5H,2H2,1H3,(H,10,11,14). The second kappa shape index (κ2) is 3.10. The Morgan fingerprint density at radius 3 is 3.14 bits per heavy atom. The molecule has 0 saturated heterocycles. The van der Waals surface area contributed by atoms with Gasteiger partial charge in [0.2, 0.25) is 0 Å². The maximum atomic E-state index is 11.5. The number of H-pyrrole nitrogens is 1. The summed E-state index contributed by atoms with van der Waals surface area (Å²) in [5.74, 6) is 0. The van der Waals surface area contributed by atoms with E-state index >= 15 is 0 Å². The van der Waals surface area contributed by atoms with Gasteiger partial charge in [-0.25, -0.2) is 4.52 Å². The van der Waals surface area contributed by atoms with Crippen molar-refractivity contribution in [3.8, 4) is 0 Å². The Balaban J connectivity index is 2.85. The van der Waals surface area contributed by atoms with Crippen LogP contribution in [0.25, 0.3) is 5.52 Å². The van der Waals surface area contributed by atoms with Gasteiger partial charge in [0.25, 0.3) is 5.56 Å². The summed E-state index contributed by atoms with van der Waals surface area (Å²) in [4.78, 5) is 24.3.